The fraction of sp³-hybridized carbons (Fsp3) is 0.500. The van der Waals surface area contributed by atoms with Crippen molar-refractivity contribution < 1.29 is 9.59 Å². The van der Waals surface area contributed by atoms with Crippen LogP contribution in [0.5, 0.6) is 0 Å². The summed E-state index contributed by atoms with van der Waals surface area (Å²) in [6.07, 6.45) is 1.85. The molecule has 1 aliphatic rings. The maximum atomic E-state index is 11.5. The summed E-state index contributed by atoms with van der Waals surface area (Å²) >= 11 is 5.99. The van der Waals surface area contributed by atoms with Crippen molar-refractivity contribution in [2.45, 2.75) is 6.54 Å². The molecule has 1 aromatic heterocycles. The van der Waals surface area contributed by atoms with E-state index >= 15 is 0 Å². The third-order valence-electron chi connectivity index (χ3n) is 3.60. The molecule has 0 aliphatic carbocycles. The molecule has 2 heterocycles. The molecule has 10 heteroatoms. The molecule has 1 saturated heterocycles. The normalized spacial score (nSPS) is 14.5. The molecule has 0 bridgehead atoms. The van der Waals surface area contributed by atoms with Crippen LogP contribution in [0.15, 0.2) is 17.3 Å². The van der Waals surface area contributed by atoms with Crippen molar-refractivity contribution in [1.29, 1.82) is 0 Å². The highest BCUT2D eigenvalue weighted by Gasteiger charge is 2.27. The van der Waals surface area contributed by atoms with Crippen LogP contribution >= 0.6 is 35.6 Å². The van der Waals surface area contributed by atoms with E-state index in [2.05, 4.69) is 15.6 Å². The van der Waals surface area contributed by atoms with Crippen molar-refractivity contribution in [3.05, 3.63) is 23.0 Å². The van der Waals surface area contributed by atoms with Crippen LogP contribution in [0, 0.1) is 0 Å². The first-order valence-corrected chi connectivity index (χ1v) is 7.61. The van der Waals surface area contributed by atoms with Crippen LogP contribution in [0.2, 0.25) is 5.02 Å². The highest BCUT2D eigenvalue weighted by Crippen LogP contribution is 2.14. The molecule has 1 aromatic rings. The smallest absolute Gasteiger partial charge is 0.324 e. The van der Waals surface area contributed by atoms with E-state index in [4.69, 9.17) is 11.6 Å². The van der Waals surface area contributed by atoms with Crippen LogP contribution in [-0.2, 0) is 18.4 Å². The number of hydrogen-bond donors (Lipinski definition) is 2. The average molecular weight is 469 g/mol. The fourth-order valence-corrected chi connectivity index (χ4v) is 2.66. The van der Waals surface area contributed by atoms with E-state index < -0.39 is 0 Å². The van der Waals surface area contributed by atoms with Gasteiger partial charge in [0.15, 0.2) is 5.96 Å². The predicted molar refractivity (Wildman–Crippen MR) is 104 cm³/mol. The van der Waals surface area contributed by atoms with E-state index in [1.165, 1.54) is 4.90 Å². The van der Waals surface area contributed by atoms with Gasteiger partial charge in [-0.15, -0.1) is 24.0 Å². The zero-order valence-electron chi connectivity index (χ0n) is 13.9. The highest BCUT2D eigenvalue weighted by molar-refractivity contribution is 14.0. The van der Waals surface area contributed by atoms with Crippen molar-refractivity contribution >= 4 is 53.5 Å². The Hall–Kier alpha value is -1.49. The molecule has 2 N–H and O–H groups in total. The van der Waals surface area contributed by atoms with Gasteiger partial charge in [0.05, 0.1) is 18.1 Å². The van der Waals surface area contributed by atoms with Gasteiger partial charge in [0.25, 0.3) is 0 Å². The second-order valence-electron chi connectivity index (χ2n) is 5.29. The van der Waals surface area contributed by atoms with E-state index in [0.29, 0.717) is 30.6 Å². The number of aromatic nitrogens is 1. The average Bonchev–Trinajstić information content (AvgIpc) is 2.98. The topological polar surface area (TPSA) is 82.0 Å². The Morgan fingerprint density at radius 2 is 2.21 bits per heavy atom. The molecule has 1 fully saturated rings. The van der Waals surface area contributed by atoms with Gasteiger partial charge in [-0.2, -0.15) is 0 Å². The summed E-state index contributed by atoms with van der Waals surface area (Å²) in [5.41, 5.74) is 1.05. The molecule has 134 valence electrons. The van der Waals surface area contributed by atoms with Crippen LogP contribution in [0.25, 0.3) is 0 Å². The molecular weight excluding hydrogens is 447 g/mol. The first-order valence-electron chi connectivity index (χ1n) is 7.23. The minimum atomic E-state index is -0.349. The van der Waals surface area contributed by atoms with Crippen LogP contribution in [0.3, 0.4) is 0 Å². The number of guanidine groups is 1. The fourth-order valence-electron chi connectivity index (χ4n) is 2.39. The molecule has 0 unspecified atom stereocenters. The van der Waals surface area contributed by atoms with Crippen LogP contribution < -0.4 is 10.6 Å². The Labute approximate surface area is 163 Å². The number of urea groups is 1. The minimum absolute atomic E-state index is 0. The van der Waals surface area contributed by atoms with E-state index in [0.717, 1.165) is 5.69 Å². The number of aryl methyl sites for hydroxylation is 1. The second-order valence-corrected chi connectivity index (χ2v) is 5.73. The lowest BCUT2D eigenvalue weighted by atomic mass is 10.4. The summed E-state index contributed by atoms with van der Waals surface area (Å²) in [5, 5.41) is 6.32. The Kier molecular flexibility index (Phi) is 7.80. The number of nitrogens with zero attached hydrogens (tertiary/aromatic N) is 4. The largest absolute Gasteiger partial charge is 0.354 e. The SMILES string of the molecule is CN=C(NCCN1C(=O)CNC1=O)N(C)Cc1cc(Cl)cn1C.I. The van der Waals surface area contributed by atoms with Gasteiger partial charge in [0.1, 0.15) is 0 Å². The molecule has 8 nitrogen and oxygen atoms in total. The summed E-state index contributed by atoms with van der Waals surface area (Å²) in [5.74, 6) is 0.466. The number of amides is 3. The molecule has 0 radical (unpaired) electrons. The van der Waals surface area contributed by atoms with Crippen molar-refractivity contribution in [2.24, 2.45) is 12.0 Å². The Morgan fingerprint density at radius 1 is 1.50 bits per heavy atom. The summed E-state index contributed by atoms with van der Waals surface area (Å²) in [6.45, 7) is 1.44. The lowest BCUT2D eigenvalue weighted by molar-refractivity contribution is -0.124. The lowest BCUT2D eigenvalue weighted by Gasteiger charge is -2.23. The molecule has 2 rings (SSSR count). The van der Waals surface area contributed by atoms with Crippen molar-refractivity contribution in [2.75, 3.05) is 33.7 Å². The number of carbonyl (C=O) groups excluding carboxylic acids is 2. The van der Waals surface area contributed by atoms with Gasteiger partial charge in [-0.05, 0) is 6.07 Å². The van der Waals surface area contributed by atoms with Crippen molar-refractivity contribution in [3.8, 4) is 0 Å². The quantitative estimate of drug-likeness (QED) is 0.291. The first kappa shape index (κ1) is 20.6. The summed E-state index contributed by atoms with van der Waals surface area (Å²) in [6, 6.07) is 1.55. The number of halogens is 2. The number of carbonyl (C=O) groups is 2. The predicted octanol–water partition coefficient (Wildman–Crippen LogP) is 0.855. The maximum Gasteiger partial charge on any atom is 0.324 e. The highest BCUT2D eigenvalue weighted by atomic mass is 127. The van der Waals surface area contributed by atoms with Crippen molar-refractivity contribution in [3.63, 3.8) is 0 Å². The Balaban J connectivity index is 0.00000288. The van der Waals surface area contributed by atoms with Gasteiger partial charge in [-0.25, -0.2) is 4.79 Å². The van der Waals surface area contributed by atoms with Gasteiger partial charge in [0.2, 0.25) is 5.91 Å². The van der Waals surface area contributed by atoms with Crippen LogP contribution in [0.1, 0.15) is 5.69 Å². The Morgan fingerprint density at radius 3 is 2.71 bits per heavy atom. The number of nitrogens with one attached hydrogen (secondary N) is 2. The molecule has 24 heavy (non-hydrogen) atoms. The maximum absolute atomic E-state index is 11.5. The molecule has 0 spiro atoms. The van der Waals surface area contributed by atoms with Gasteiger partial charge in [-0.3, -0.25) is 14.7 Å². The zero-order chi connectivity index (χ0) is 17.0. The minimum Gasteiger partial charge on any atom is -0.354 e. The first-order chi connectivity index (χ1) is 10.9. The number of hydrogen-bond acceptors (Lipinski definition) is 3. The van der Waals surface area contributed by atoms with Crippen LogP contribution in [0.4, 0.5) is 4.79 Å². The van der Waals surface area contributed by atoms with Crippen LogP contribution in [-0.4, -0.2) is 66.0 Å². The molecule has 3 amide bonds. The molecule has 1 aliphatic heterocycles. The summed E-state index contributed by atoms with van der Waals surface area (Å²) < 4.78 is 1.96. The summed E-state index contributed by atoms with van der Waals surface area (Å²) in [7, 11) is 5.53. The van der Waals surface area contributed by atoms with Crippen molar-refractivity contribution in [1.82, 2.24) is 25.0 Å². The van der Waals surface area contributed by atoms with Gasteiger partial charge >= 0.3 is 6.03 Å². The number of aliphatic imine (C=N–C) groups is 1. The Bertz CT molecular complexity index is 617. The lowest BCUT2D eigenvalue weighted by Crippen LogP contribution is -2.43. The van der Waals surface area contributed by atoms with Gasteiger partial charge in [0, 0.05) is 46.1 Å². The third-order valence-corrected chi connectivity index (χ3v) is 3.81. The standard InChI is InChI=1S/C14H21ClN6O2.HI/c1-16-13(17-4-5-21-12(22)7-18-14(21)23)20(3)9-11-6-10(15)8-19(11)2;/h6,8H,4-5,7,9H2,1-3H3,(H,16,17)(H,18,23);1H. The second kappa shape index (κ2) is 9.11. The molecular formula is C14H22ClIN6O2. The molecule has 0 saturated carbocycles. The number of imide groups is 1. The van der Waals surface area contributed by atoms with Gasteiger partial charge in [-0.1, -0.05) is 11.6 Å². The van der Waals surface area contributed by atoms with Gasteiger partial charge < -0.3 is 20.1 Å². The van der Waals surface area contributed by atoms with E-state index in [1.54, 1.807) is 7.05 Å². The number of rotatable bonds is 5. The van der Waals surface area contributed by atoms with E-state index in [-0.39, 0.29) is 42.5 Å². The zero-order valence-corrected chi connectivity index (χ0v) is 17.0. The molecule has 0 aromatic carbocycles. The van der Waals surface area contributed by atoms with E-state index in [9.17, 15) is 9.59 Å². The summed E-state index contributed by atoms with van der Waals surface area (Å²) in [4.78, 5) is 30.3. The third kappa shape index (κ3) is 5.00. The molecule has 0 atom stereocenters. The van der Waals surface area contributed by atoms with E-state index in [1.807, 2.05) is 35.8 Å². The monoisotopic (exact) mass is 468 g/mol.